The Hall–Kier alpha value is -1.84. The van der Waals surface area contributed by atoms with Crippen LogP contribution in [0, 0.1) is 31.6 Å². The van der Waals surface area contributed by atoms with Crippen molar-refractivity contribution in [2.24, 2.45) is 17.8 Å². The van der Waals surface area contributed by atoms with Crippen LogP contribution in [0.4, 0.5) is 5.69 Å². The lowest BCUT2D eigenvalue weighted by atomic mass is 9.81. The zero-order valence-corrected chi connectivity index (χ0v) is 16.0. The third-order valence-corrected chi connectivity index (χ3v) is 5.26. The van der Waals surface area contributed by atoms with Crippen molar-refractivity contribution in [2.75, 3.05) is 11.9 Å². The number of carbonyl (C=O) groups excluding carboxylic acids is 2. The van der Waals surface area contributed by atoms with Crippen molar-refractivity contribution < 1.29 is 9.59 Å². The maximum atomic E-state index is 12.5. The van der Waals surface area contributed by atoms with Gasteiger partial charge < -0.3 is 10.6 Å². The normalized spacial score (nSPS) is 20.4. The Bertz CT molecular complexity index is 602. The van der Waals surface area contributed by atoms with Crippen molar-refractivity contribution in [3.63, 3.8) is 0 Å². The molecule has 1 aliphatic carbocycles. The third kappa shape index (κ3) is 5.87. The molecule has 0 bridgehead atoms. The van der Waals surface area contributed by atoms with Gasteiger partial charge in [-0.05, 0) is 75.1 Å². The van der Waals surface area contributed by atoms with Crippen LogP contribution in [0.25, 0.3) is 0 Å². The molecule has 1 aromatic carbocycles. The number of carbonyl (C=O) groups is 2. The molecule has 2 amide bonds. The molecule has 0 saturated heterocycles. The van der Waals surface area contributed by atoms with Gasteiger partial charge in [0.25, 0.3) is 0 Å². The van der Waals surface area contributed by atoms with E-state index in [9.17, 15) is 9.59 Å². The molecule has 4 heteroatoms. The summed E-state index contributed by atoms with van der Waals surface area (Å²) in [6.45, 7) is 9.18. The minimum absolute atomic E-state index is 0.0151. The molecule has 1 saturated carbocycles. The van der Waals surface area contributed by atoms with Crippen LogP contribution in [0.3, 0.4) is 0 Å². The molecule has 0 aromatic heterocycles. The van der Waals surface area contributed by atoms with Crippen molar-refractivity contribution in [1.29, 1.82) is 0 Å². The van der Waals surface area contributed by atoms with Crippen LogP contribution in [0.5, 0.6) is 0 Å². The van der Waals surface area contributed by atoms with Crippen molar-refractivity contribution in [1.82, 2.24) is 5.32 Å². The predicted molar refractivity (Wildman–Crippen MR) is 102 cm³/mol. The van der Waals surface area contributed by atoms with Gasteiger partial charge in [0, 0.05) is 24.1 Å². The van der Waals surface area contributed by atoms with Gasteiger partial charge in [-0.15, -0.1) is 0 Å². The number of hydrogen-bond donors (Lipinski definition) is 2. The molecule has 1 fully saturated rings. The van der Waals surface area contributed by atoms with Gasteiger partial charge in [-0.25, -0.2) is 0 Å². The average molecular weight is 344 g/mol. The van der Waals surface area contributed by atoms with E-state index in [-0.39, 0.29) is 23.7 Å². The number of rotatable bonds is 6. The van der Waals surface area contributed by atoms with Crippen molar-refractivity contribution in [3.8, 4) is 0 Å². The lowest BCUT2D eigenvalue weighted by molar-refractivity contribution is -0.128. The van der Waals surface area contributed by atoms with Gasteiger partial charge in [0.1, 0.15) is 0 Å². The van der Waals surface area contributed by atoms with E-state index in [0.717, 1.165) is 44.3 Å². The van der Waals surface area contributed by atoms with Crippen LogP contribution in [-0.2, 0) is 9.59 Å². The molecule has 1 aliphatic rings. The maximum absolute atomic E-state index is 12.5. The largest absolute Gasteiger partial charge is 0.356 e. The topological polar surface area (TPSA) is 58.2 Å². The molecule has 0 spiro atoms. The molecule has 4 nitrogen and oxygen atoms in total. The molecule has 0 atom stereocenters. The van der Waals surface area contributed by atoms with E-state index in [1.807, 2.05) is 25.1 Å². The first-order valence-corrected chi connectivity index (χ1v) is 9.52. The zero-order chi connectivity index (χ0) is 18.4. The number of aryl methyl sites for hydroxylation is 2. The highest BCUT2D eigenvalue weighted by molar-refractivity contribution is 5.93. The Morgan fingerprint density at radius 2 is 1.60 bits per heavy atom. The number of benzene rings is 1. The molecular formula is C21H32N2O2. The zero-order valence-electron chi connectivity index (χ0n) is 16.0. The second-order valence-electron chi connectivity index (χ2n) is 7.81. The van der Waals surface area contributed by atoms with E-state index in [0.29, 0.717) is 5.92 Å². The quantitative estimate of drug-likeness (QED) is 0.812. The smallest absolute Gasteiger partial charge is 0.227 e. The lowest BCUT2D eigenvalue weighted by Crippen LogP contribution is -2.36. The molecule has 0 aliphatic heterocycles. The standard InChI is InChI=1S/C21H32N2O2/c1-14(2)11-12-22-20(24)17-6-8-18(9-7-17)21(25)23-19-10-5-15(3)16(4)13-19/h5,10,13-14,17-18H,6-9,11-12H2,1-4H3,(H,22,24)(H,23,25). The Labute approximate surface area is 151 Å². The van der Waals surface area contributed by atoms with Gasteiger partial charge in [-0.3, -0.25) is 9.59 Å². The number of amides is 2. The molecular weight excluding hydrogens is 312 g/mol. The van der Waals surface area contributed by atoms with Crippen molar-refractivity contribution >= 4 is 17.5 Å². The van der Waals surface area contributed by atoms with E-state index in [2.05, 4.69) is 31.4 Å². The Balaban J connectivity index is 1.78. The van der Waals surface area contributed by atoms with E-state index >= 15 is 0 Å². The molecule has 0 unspecified atom stereocenters. The molecule has 1 aromatic rings. The van der Waals surface area contributed by atoms with Crippen molar-refractivity contribution in [2.45, 2.75) is 59.8 Å². The minimum Gasteiger partial charge on any atom is -0.356 e. The van der Waals surface area contributed by atoms with Crippen LogP contribution in [0.15, 0.2) is 18.2 Å². The molecule has 25 heavy (non-hydrogen) atoms. The molecule has 0 radical (unpaired) electrons. The highest BCUT2D eigenvalue weighted by atomic mass is 16.2. The predicted octanol–water partition coefficient (Wildman–Crippen LogP) is 4.21. The van der Waals surface area contributed by atoms with Crippen LogP contribution in [0.1, 0.15) is 57.1 Å². The first-order chi connectivity index (χ1) is 11.9. The molecule has 138 valence electrons. The van der Waals surface area contributed by atoms with E-state index in [4.69, 9.17) is 0 Å². The monoisotopic (exact) mass is 344 g/mol. The summed E-state index contributed by atoms with van der Waals surface area (Å²) in [5.74, 6) is 0.930. The van der Waals surface area contributed by atoms with E-state index in [1.54, 1.807) is 0 Å². The van der Waals surface area contributed by atoms with Gasteiger partial charge >= 0.3 is 0 Å². The fraction of sp³-hybridized carbons (Fsp3) is 0.619. The second-order valence-corrected chi connectivity index (χ2v) is 7.81. The van der Waals surface area contributed by atoms with E-state index in [1.165, 1.54) is 11.1 Å². The van der Waals surface area contributed by atoms with E-state index < -0.39 is 0 Å². The summed E-state index contributed by atoms with van der Waals surface area (Å²) >= 11 is 0. The molecule has 2 N–H and O–H groups in total. The van der Waals surface area contributed by atoms with Crippen molar-refractivity contribution in [3.05, 3.63) is 29.3 Å². The highest BCUT2D eigenvalue weighted by Crippen LogP contribution is 2.30. The Morgan fingerprint density at radius 1 is 1.00 bits per heavy atom. The first-order valence-electron chi connectivity index (χ1n) is 9.52. The lowest BCUT2D eigenvalue weighted by Gasteiger charge is -2.27. The summed E-state index contributed by atoms with van der Waals surface area (Å²) in [4.78, 5) is 24.7. The summed E-state index contributed by atoms with van der Waals surface area (Å²) in [7, 11) is 0. The summed E-state index contributed by atoms with van der Waals surface area (Å²) in [5, 5.41) is 6.07. The molecule has 0 heterocycles. The fourth-order valence-electron chi connectivity index (χ4n) is 3.31. The van der Waals surface area contributed by atoms with Gasteiger partial charge in [-0.2, -0.15) is 0 Å². The summed E-state index contributed by atoms with van der Waals surface area (Å²) in [5.41, 5.74) is 3.27. The SMILES string of the molecule is Cc1ccc(NC(=O)C2CCC(C(=O)NCCC(C)C)CC2)cc1C. The van der Waals surface area contributed by atoms with Crippen LogP contribution in [0.2, 0.25) is 0 Å². The number of anilines is 1. The molecule has 2 rings (SSSR count). The van der Waals surface area contributed by atoms with Gasteiger partial charge in [0.15, 0.2) is 0 Å². The number of nitrogens with one attached hydrogen (secondary N) is 2. The second kappa shape index (κ2) is 9.02. The Kier molecular flexibility index (Phi) is 7.03. The summed E-state index contributed by atoms with van der Waals surface area (Å²) in [6.07, 6.45) is 4.20. The summed E-state index contributed by atoms with van der Waals surface area (Å²) < 4.78 is 0. The summed E-state index contributed by atoms with van der Waals surface area (Å²) in [6, 6.07) is 6.00. The average Bonchev–Trinajstić information content (AvgIpc) is 2.58. The third-order valence-electron chi connectivity index (χ3n) is 5.26. The number of hydrogen-bond acceptors (Lipinski definition) is 2. The van der Waals surface area contributed by atoms with Gasteiger partial charge in [-0.1, -0.05) is 19.9 Å². The highest BCUT2D eigenvalue weighted by Gasteiger charge is 2.29. The maximum Gasteiger partial charge on any atom is 0.227 e. The van der Waals surface area contributed by atoms with Crippen LogP contribution in [-0.4, -0.2) is 18.4 Å². The van der Waals surface area contributed by atoms with Crippen LogP contribution >= 0.6 is 0 Å². The van der Waals surface area contributed by atoms with Gasteiger partial charge in [0.2, 0.25) is 11.8 Å². The van der Waals surface area contributed by atoms with Gasteiger partial charge in [0.05, 0.1) is 0 Å². The Morgan fingerprint density at radius 3 is 2.16 bits per heavy atom. The first kappa shape index (κ1) is 19.5. The van der Waals surface area contributed by atoms with Crippen LogP contribution < -0.4 is 10.6 Å². The minimum atomic E-state index is 0.0151. The fourth-order valence-corrected chi connectivity index (χ4v) is 3.31.